The average Bonchev–Trinajstić information content (AvgIpc) is 2.13. The fraction of sp³-hybridized carbons (Fsp3) is 1.00. The summed E-state index contributed by atoms with van der Waals surface area (Å²) >= 11 is 6.46. The fourth-order valence-electron chi connectivity index (χ4n) is 2.83. The van der Waals surface area contributed by atoms with Crippen molar-refractivity contribution in [2.45, 2.75) is 51.8 Å². The second kappa shape index (κ2) is 5.48. The molecule has 0 aliphatic heterocycles. The van der Waals surface area contributed by atoms with Gasteiger partial charge in [0.2, 0.25) is 0 Å². The SMILES string of the molecule is CC1CCC(C(C)(C)CCS(C)(=O)=O)C(Cl)C1. The number of alkyl halides is 1. The van der Waals surface area contributed by atoms with Gasteiger partial charge in [0.25, 0.3) is 0 Å². The van der Waals surface area contributed by atoms with Crippen LogP contribution in [0, 0.1) is 17.3 Å². The molecule has 0 aromatic carbocycles. The molecule has 3 atom stereocenters. The quantitative estimate of drug-likeness (QED) is 0.739. The van der Waals surface area contributed by atoms with E-state index in [-0.39, 0.29) is 16.5 Å². The molecule has 0 N–H and O–H groups in total. The first-order chi connectivity index (χ1) is 7.62. The highest BCUT2D eigenvalue weighted by atomic mass is 35.5. The lowest BCUT2D eigenvalue weighted by atomic mass is 9.67. The predicted octanol–water partition coefficient (Wildman–Crippen LogP) is 3.49. The highest BCUT2D eigenvalue weighted by Gasteiger charge is 2.38. The third-order valence-electron chi connectivity index (χ3n) is 4.16. The zero-order chi connectivity index (χ0) is 13.3. The van der Waals surface area contributed by atoms with E-state index in [2.05, 4.69) is 20.8 Å². The summed E-state index contributed by atoms with van der Waals surface area (Å²) in [6, 6.07) is 0. The lowest BCUT2D eigenvalue weighted by Crippen LogP contribution is -2.37. The first-order valence-corrected chi connectivity index (χ1v) is 8.93. The summed E-state index contributed by atoms with van der Waals surface area (Å²) in [6.45, 7) is 6.57. The maximum atomic E-state index is 11.3. The van der Waals surface area contributed by atoms with Crippen molar-refractivity contribution in [2.24, 2.45) is 17.3 Å². The molecule has 2 nitrogen and oxygen atoms in total. The van der Waals surface area contributed by atoms with Crippen LogP contribution in [0.2, 0.25) is 0 Å². The Balaban J connectivity index is 2.63. The molecule has 1 rings (SSSR count). The molecule has 0 aromatic heterocycles. The molecule has 0 spiro atoms. The van der Waals surface area contributed by atoms with E-state index in [1.54, 1.807) is 0 Å². The summed E-state index contributed by atoms with van der Waals surface area (Å²) in [4.78, 5) is 0. The summed E-state index contributed by atoms with van der Waals surface area (Å²) in [5.74, 6) is 1.43. The van der Waals surface area contributed by atoms with Gasteiger partial charge in [0.05, 0.1) is 5.75 Å². The van der Waals surface area contributed by atoms with Crippen LogP contribution in [0.1, 0.15) is 46.5 Å². The first kappa shape index (κ1) is 15.3. The van der Waals surface area contributed by atoms with Gasteiger partial charge in [-0.2, -0.15) is 0 Å². The van der Waals surface area contributed by atoms with Gasteiger partial charge in [0, 0.05) is 11.6 Å². The molecule has 0 heterocycles. The van der Waals surface area contributed by atoms with E-state index in [1.165, 1.54) is 12.7 Å². The molecule has 0 amide bonds. The molecule has 1 aliphatic carbocycles. The summed E-state index contributed by atoms with van der Waals surface area (Å²) in [5.41, 5.74) is 0.0234. The van der Waals surface area contributed by atoms with Crippen molar-refractivity contribution in [3.8, 4) is 0 Å². The molecule has 4 heteroatoms. The number of hydrogen-bond acceptors (Lipinski definition) is 2. The monoisotopic (exact) mass is 280 g/mol. The van der Waals surface area contributed by atoms with Crippen molar-refractivity contribution < 1.29 is 8.42 Å². The maximum Gasteiger partial charge on any atom is 0.147 e. The molecule has 0 bridgehead atoms. The van der Waals surface area contributed by atoms with E-state index in [0.717, 1.165) is 12.8 Å². The standard InChI is InChI=1S/C13H25ClO2S/c1-10-5-6-11(12(14)9-10)13(2,3)7-8-17(4,15)16/h10-12H,5-9H2,1-4H3. The van der Waals surface area contributed by atoms with Crippen LogP contribution in [-0.4, -0.2) is 25.8 Å². The van der Waals surface area contributed by atoms with E-state index < -0.39 is 9.84 Å². The topological polar surface area (TPSA) is 34.1 Å². The largest absolute Gasteiger partial charge is 0.229 e. The third kappa shape index (κ3) is 4.78. The van der Waals surface area contributed by atoms with Crippen LogP contribution in [-0.2, 0) is 9.84 Å². The van der Waals surface area contributed by atoms with E-state index in [4.69, 9.17) is 11.6 Å². The molecule has 0 saturated heterocycles. The van der Waals surface area contributed by atoms with E-state index in [1.807, 2.05) is 0 Å². The summed E-state index contributed by atoms with van der Waals surface area (Å²) in [7, 11) is -2.87. The molecule has 102 valence electrons. The number of rotatable bonds is 4. The summed E-state index contributed by atoms with van der Waals surface area (Å²) < 4.78 is 22.5. The van der Waals surface area contributed by atoms with Gasteiger partial charge in [-0.05, 0) is 36.5 Å². The molecular formula is C13H25ClO2S. The fourth-order valence-corrected chi connectivity index (χ4v) is 4.49. The van der Waals surface area contributed by atoms with Crippen LogP contribution in [0.15, 0.2) is 0 Å². The summed E-state index contributed by atoms with van der Waals surface area (Å²) in [5, 5.41) is 0.202. The molecule has 1 saturated carbocycles. The van der Waals surface area contributed by atoms with Crippen molar-refractivity contribution in [3.63, 3.8) is 0 Å². The van der Waals surface area contributed by atoms with Gasteiger partial charge in [0.15, 0.2) is 0 Å². The van der Waals surface area contributed by atoms with Crippen molar-refractivity contribution in [1.82, 2.24) is 0 Å². The van der Waals surface area contributed by atoms with Gasteiger partial charge in [-0.25, -0.2) is 8.42 Å². The van der Waals surface area contributed by atoms with Crippen LogP contribution < -0.4 is 0 Å². The number of sulfone groups is 1. The number of halogens is 1. The smallest absolute Gasteiger partial charge is 0.147 e. The molecule has 1 aliphatic rings. The molecule has 3 unspecified atom stereocenters. The zero-order valence-electron chi connectivity index (χ0n) is 11.4. The second-order valence-electron chi connectivity index (χ2n) is 6.41. The van der Waals surface area contributed by atoms with E-state index >= 15 is 0 Å². The lowest BCUT2D eigenvalue weighted by molar-refractivity contribution is 0.138. The van der Waals surface area contributed by atoms with E-state index in [0.29, 0.717) is 18.3 Å². The van der Waals surface area contributed by atoms with E-state index in [9.17, 15) is 8.42 Å². The molecule has 0 aromatic rings. The van der Waals surface area contributed by atoms with Gasteiger partial charge in [-0.3, -0.25) is 0 Å². The van der Waals surface area contributed by atoms with Gasteiger partial charge >= 0.3 is 0 Å². The predicted molar refractivity (Wildman–Crippen MR) is 74.3 cm³/mol. The van der Waals surface area contributed by atoms with Crippen LogP contribution >= 0.6 is 11.6 Å². The minimum atomic E-state index is -2.87. The molecule has 17 heavy (non-hydrogen) atoms. The van der Waals surface area contributed by atoms with Crippen molar-refractivity contribution >= 4 is 21.4 Å². The Bertz CT molecular complexity index is 348. The minimum absolute atomic E-state index is 0.0234. The Morgan fingerprint density at radius 3 is 2.35 bits per heavy atom. The Morgan fingerprint density at radius 1 is 1.29 bits per heavy atom. The van der Waals surface area contributed by atoms with Crippen LogP contribution in [0.3, 0.4) is 0 Å². The Kier molecular flexibility index (Phi) is 4.93. The Hall–Kier alpha value is 0.240. The Labute approximate surface area is 111 Å². The lowest BCUT2D eigenvalue weighted by Gasteiger charge is -2.42. The third-order valence-corrected chi connectivity index (χ3v) is 5.58. The average molecular weight is 281 g/mol. The highest BCUT2D eigenvalue weighted by molar-refractivity contribution is 7.90. The van der Waals surface area contributed by atoms with Crippen molar-refractivity contribution in [2.75, 3.05) is 12.0 Å². The van der Waals surface area contributed by atoms with Gasteiger partial charge in [0.1, 0.15) is 9.84 Å². The minimum Gasteiger partial charge on any atom is -0.229 e. The molecule has 0 radical (unpaired) electrons. The highest BCUT2D eigenvalue weighted by Crippen LogP contribution is 2.44. The molecule has 1 fully saturated rings. The van der Waals surface area contributed by atoms with Gasteiger partial charge in [-0.15, -0.1) is 11.6 Å². The normalized spacial score (nSPS) is 31.5. The van der Waals surface area contributed by atoms with Crippen molar-refractivity contribution in [3.05, 3.63) is 0 Å². The van der Waals surface area contributed by atoms with Gasteiger partial charge in [-0.1, -0.05) is 27.2 Å². The first-order valence-electron chi connectivity index (χ1n) is 6.43. The summed E-state index contributed by atoms with van der Waals surface area (Å²) in [6.07, 6.45) is 5.44. The van der Waals surface area contributed by atoms with Crippen molar-refractivity contribution in [1.29, 1.82) is 0 Å². The van der Waals surface area contributed by atoms with Gasteiger partial charge < -0.3 is 0 Å². The molecular weight excluding hydrogens is 256 g/mol. The van der Waals surface area contributed by atoms with Crippen LogP contribution in [0.25, 0.3) is 0 Å². The Morgan fingerprint density at radius 2 is 1.88 bits per heavy atom. The maximum absolute atomic E-state index is 11.3. The van der Waals surface area contributed by atoms with Crippen LogP contribution in [0.4, 0.5) is 0 Å². The number of hydrogen-bond donors (Lipinski definition) is 0. The second-order valence-corrected chi connectivity index (χ2v) is 9.23. The van der Waals surface area contributed by atoms with Crippen LogP contribution in [0.5, 0.6) is 0 Å². The zero-order valence-corrected chi connectivity index (χ0v) is 12.9.